The van der Waals surface area contributed by atoms with Crippen LogP contribution >= 0.6 is 23.8 Å². The molecule has 0 aliphatic heterocycles. The maximum Gasteiger partial charge on any atom is 0.270 e. The molecule has 9 nitrogen and oxygen atoms in total. The van der Waals surface area contributed by atoms with Crippen LogP contribution in [0, 0.1) is 6.92 Å². The molecule has 0 bridgehead atoms. The Labute approximate surface area is 206 Å². The number of hydrazine groups is 1. The molecule has 0 spiro atoms. The van der Waals surface area contributed by atoms with Gasteiger partial charge in [0.1, 0.15) is 0 Å². The molecule has 3 aromatic heterocycles. The van der Waals surface area contributed by atoms with Crippen LogP contribution in [0.25, 0.3) is 11.0 Å². The van der Waals surface area contributed by atoms with E-state index in [0.717, 1.165) is 35.2 Å². The summed E-state index contributed by atoms with van der Waals surface area (Å²) >= 11 is 11.4. The van der Waals surface area contributed by atoms with Crippen molar-refractivity contribution in [2.24, 2.45) is 7.05 Å². The van der Waals surface area contributed by atoms with Crippen molar-refractivity contribution in [3.63, 3.8) is 0 Å². The standard InChI is InChI=1S/C23H23ClN8OS/c1-13-20-18(9-19(15-6-7-15)27-21(20)31(2)30-13)22(33)28-29-23(34)26-17-10-25-32(12-17)11-14-4-3-5-16(24)8-14/h3-5,8-10,12,15H,6-7,11H2,1-2H3,(H,28,33)(H2,26,29,34). The van der Waals surface area contributed by atoms with Gasteiger partial charge in [-0.1, -0.05) is 23.7 Å². The van der Waals surface area contributed by atoms with E-state index < -0.39 is 0 Å². The topological polar surface area (TPSA) is 102 Å². The molecule has 174 valence electrons. The van der Waals surface area contributed by atoms with Crippen molar-refractivity contribution in [3.05, 3.63) is 70.3 Å². The number of carbonyl (C=O) groups excluding carboxylic acids is 1. The van der Waals surface area contributed by atoms with E-state index in [-0.39, 0.29) is 11.0 Å². The van der Waals surface area contributed by atoms with E-state index in [1.54, 1.807) is 15.6 Å². The van der Waals surface area contributed by atoms with Crippen molar-refractivity contribution < 1.29 is 4.79 Å². The van der Waals surface area contributed by atoms with Gasteiger partial charge in [0.2, 0.25) is 0 Å². The van der Waals surface area contributed by atoms with Gasteiger partial charge in [0.25, 0.3) is 5.91 Å². The van der Waals surface area contributed by atoms with Crippen LogP contribution in [0.2, 0.25) is 5.02 Å². The van der Waals surface area contributed by atoms with Crippen LogP contribution in [0.1, 0.15) is 46.1 Å². The fraction of sp³-hybridized carbons (Fsp3) is 0.261. The first-order valence-electron chi connectivity index (χ1n) is 10.9. The Balaban J connectivity index is 1.24. The molecule has 1 aliphatic rings. The number of pyridine rings is 1. The number of halogens is 1. The molecule has 11 heteroatoms. The molecule has 0 radical (unpaired) electrons. The summed E-state index contributed by atoms with van der Waals surface area (Å²) < 4.78 is 3.49. The van der Waals surface area contributed by atoms with Gasteiger partial charge in [0.05, 0.1) is 35.1 Å². The summed E-state index contributed by atoms with van der Waals surface area (Å²) in [6, 6.07) is 9.48. The van der Waals surface area contributed by atoms with Crippen molar-refractivity contribution in [2.45, 2.75) is 32.2 Å². The van der Waals surface area contributed by atoms with Crippen molar-refractivity contribution in [3.8, 4) is 0 Å². The summed E-state index contributed by atoms with van der Waals surface area (Å²) in [4.78, 5) is 17.8. The number of nitrogens with one attached hydrogen (secondary N) is 3. The van der Waals surface area contributed by atoms with E-state index in [2.05, 4.69) is 26.4 Å². The van der Waals surface area contributed by atoms with Crippen molar-refractivity contribution in [1.29, 1.82) is 0 Å². The minimum atomic E-state index is -0.300. The molecule has 0 saturated heterocycles. The zero-order chi connectivity index (χ0) is 23.8. The smallest absolute Gasteiger partial charge is 0.270 e. The van der Waals surface area contributed by atoms with Gasteiger partial charge in [0, 0.05) is 29.9 Å². The van der Waals surface area contributed by atoms with Gasteiger partial charge in [-0.3, -0.25) is 25.0 Å². The zero-order valence-electron chi connectivity index (χ0n) is 18.7. The molecule has 3 heterocycles. The number of hydrogen-bond donors (Lipinski definition) is 3. The number of hydrogen-bond acceptors (Lipinski definition) is 5. The Bertz CT molecular complexity index is 1410. The van der Waals surface area contributed by atoms with Crippen molar-refractivity contribution >= 4 is 51.6 Å². The Morgan fingerprint density at radius 3 is 2.85 bits per heavy atom. The summed E-state index contributed by atoms with van der Waals surface area (Å²) in [6.07, 6.45) is 5.67. The molecule has 5 rings (SSSR count). The fourth-order valence-electron chi connectivity index (χ4n) is 3.91. The van der Waals surface area contributed by atoms with Gasteiger partial charge in [-0.25, -0.2) is 4.98 Å². The predicted molar refractivity (Wildman–Crippen MR) is 135 cm³/mol. The lowest BCUT2D eigenvalue weighted by Gasteiger charge is -2.12. The number of aromatic nitrogens is 5. The summed E-state index contributed by atoms with van der Waals surface area (Å²) in [5, 5.41) is 13.5. The SMILES string of the molecule is Cc1nn(C)c2nc(C3CC3)cc(C(=O)NNC(=S)Nc3cnn(Cc4cccc(Cl)c4)c3)c12. The number of nitrogens with zero attached hydrogens (tertiary/aromatic N) is 5. The average molecular weight is 495 g/mol. The summed E-state index contributed by atoms with van der Waals surface area (Å²) in [7, 11) is 1.84. The lowest BCUT2D eigenvalue weighted by atomic mass is 10.1. The summed E-state index contributed by atoms with van der Waals surface area (Å²) in [5.41, 5.74) is 10.1. The third kappa shape index (κ3) is 4.73. The minimum Gasteiger partial charge on any atom is -0.329 e. The Kier molecular flexibility index (Phi) is 5.93. The molecular formula is C23H23ClN8OS. The van der Waals surface area contributed by atoms with Gasteiger partial charge in [-0.15, -0.1) is 0 Å². The highest BCUT2D eigenvalue weighted by atomic mass is 35.5. The molecule has 1 fully saturated rings. The first kappa shape index (κ1) is 22.3. The molecule has 3 N–H and O–H groups in total. The molecule has 4 aromatic rings. The van der Waals surface area contributed by atoms with Crippen LogP contribution in [0.5, 0.6) is 0 Å². The van der Waals surface area contributed by atoms with Gasteiger partial charge in [-0.2, -0.15) is 10.2 Å². The molecule has 34 heavy (non-hydrogen) atoms. The molecule has 0 unspecified atom stereocenters. The van der Waals surface area contributed by atoms with Gasteiger partial charge in [-0.05, 0) is 55.7 Å². The molecular weight excluding hydrogens is 472 g/mol. The second kappa shape index (κ2) is 9.03. The van der Waals surface area contributed by atoms with Crippen LogP contribution < -0.4 is 16.2 Å². The maximum atomic E-state index is 13.1. The molecule has 1 amide bonds. The molecule has 1 aromatic carbocycles. The monoisotopic (exact) mass is 494 g/mol. The number of amides is 1. The zero-order valence-corrected chi connectivity index (χ0v) is 20.2. The highest BCUT2D eigenvalue weighted by Gasteiger charge is 2.28. The lowest BCUT2D eigenvalue weighted by molar-refractivity contribution is 0.0945. The lowest BCUT2D eigenvalue weighted by Crippen LogP contribution is -2.43. The molecule has 0 atom stereocenters. The Hall–Kier alpha value is -3.50. The van der Waals surface area contributed by atoms with Crippen LogP contribution in [0.3, 0.4) is 0 Å². The number of fused-ring (bicyclic) bond motifs is 1. The first-order valence-corrected chi connectivity index (χ1v) is 11.6. The Morgan fingerprint density at radius 1 is 1.26 bits per heavy atom. The van der Waals surface area contributed by atoms with E-state index in [1.807, 2.05) is 50.5 Å². The van der Waals surface area contributed by atoms with Crippen LogP contribution in [-0.2, 0) is 13.6 Å². The largest absolute Gasteiger partial charge is 0.329 e. The number of anilines is 1. The van der Waals surface area contributed by atoms with Crippen LogP contribution in [-0.4, -0.2) is 35.6 Å². The molecule has 1 saturated carbocycles. The number of aryl methyl sites for hydroxylation is 2. The third-order valence-electron chi connectivity index (χ3n) is 5.64. The fourth-order valence-corrected chi connectivity index (χ4v) is 4.29. The quantitative estimate of drug-likeness (QED) is 0.287. The minimum absolute atomic E-state index is 0.242. The van der Waals surface area contributed by atoms with Crippen molar-refractivity contribution in [2.75, 3.05) is 5.32 Å². The third-order valence-corrected chi connectivity index (χ3v) is 6.08. The van der Waals surface area contributed by atoms with Gasteiger partial charge in [0.15, 0.2) is 10.8 Å². The number of carbonyl (C=O) groups is 1. The highest BCUT2D eigenvalue weighted by molar-refractivity contribution is 7.80. The van der Waals surface area contributed by atoms with E-state index in [1.165, 1.54) is 0 Å². The van der Waals surface area contributed by atoms with Crippen LogP contribution in [0.4, 0.5) is 5.69 Å². The van der Waals surface area contributed by atoms with E-state index in [9.17, 15) is 4.79 Å². The van der Waals surface area contributed by atoms with Crippen molar-refractivity contribution in [1.82, 2.24) is 35.4 Å². The molecule has 1 aliphatic carbocycles. The normalized spacial score (nSPS) is 13.1. The average Bonchev–Trinajstić information content (AvgIpc) is 3.51. The van der Waals surface area contributed by atoms with E-state index >= 15 is 0 Å². The van der Waals surface area contributed by atoms with Gasteiger partial charge < -0.3 is 5.32 Å². The second-order valence-electron chi connectivity index (χ2n) is 8.37. The number of thiocarbonyl (C=S) groups is 1. The summed E-state index contributed by atoms with van der Waals surface area (Å²) in [6.45, 7) is 2.45. The maximum absolute atomic E-state index is 13.1. The number of benzene rings is 1. The predicted octanol–water partition coefficient (Wildman–Crippen LogP) is 3.68. The van der Waals surface area contributed by atoms with Crippen LogP contribution in [0.15, 0.2) is 42.7 Å². The first-order chi connectivity index (χ1) is 16.4. The van der Waals surface area contributed by atoms with E-state index in [4.69, 9.17) is 28.8 Å². The summed E-state index contributed by atoms with van der Waals surface area (Å²) in [5.74, 6) is 0.108. The van der Waals surface area contributed by atoms with Gasteiger partial charge >= 0.3 is 0 Å². The van der Waals surface area contributed by atoms with E-state index in [0.29, 0.717) is 34.4 Å². The second-order valence-corrected chi connectivity index (χ2v) is 9.21. The highest BCUT2D eigenvalue weighted by Crippen LogP contribution is 2.40. The number of rotatable bonds is 5. The Morgan fingerprint density at radius 2 is 2.09 bits per heavy atom.